The van der Waals surface area contributed by atoms with E-state index in [1.807, 2.05) is 0 Å². The van der Waals surface area contributed by atoms with Crippen molar-refractivity contribution in [1.29, 1.82) is 0 Å². The summed E-state index contributed by atoms with van der Waals surface area (Å²) < 4.78 is 18.4. The van der Waals surface area contributed by atoms with Gasteiger partial charge in [-0.1, -0.05) is 0 Å². The van der Waals surface area contributed by atoms with Gasteiger partial charge in [0.25, 0.3) is 0 Å². The summed E-state index contributed by atoms with van der Waals surface area (Å²) in [5, 5.41) is 12.8. The molecule has 0 bridgehead atoms. The predicted octanol–water partition coefficient (Wildman–Crippen LogP) is 0.625. The summed E-state index contributed by atoms with van der Waals surface area (Å²) in [5.41, 5.74) is -0.715. The molecule has 2 N–H and O–H groups in total. The normalized spacial score (nSPS) is 18.8. The zero-order chi connectivity index (χ0) is 10.2. The lowest BCUT2D eigenvalue weighted by atomic mass is 9.88. The Kier molecular flexibility index (Phi) is 2.17. The summed E-state index contributed by atoms with van der Waals surface area (Å²) in [4.78, 5) is 0. The van der Waals surface area contributed by atoms with E-state index >= 15 is 0 Å². The number of hydrogen-bond acceptors (Lipinski definition) is 3. The molecule has 1 aliphatic heterocycles. The first-order valence-electron chi connectivity index (χ1n) is 4.43. The molecule has 0 aliphatic carbocycles. The predicted molar refractivity (Wildman–Crippen MR) is 49.7 cm³/mol. The maximum absolute atomic E-state index is 13.5. The van der Waals surface area contributed by atoms with Crippen molar-refractivity contribution in [2.75, 3.05) is 20.2 Å². The molecular weight excluding hydrogens is 185 g/mol. The van der Waals surface area contributed by atoms with Crippen LogP contribution in [0.25, 0.3) is 0 Å². The fourth-order valence-electron chi connectivity index (χ4n) is 1.55. The second-order valence-corrected chi connectivity index (χ2v) is 3.48. The summed E-state index contributed by atoms with van der Waals surface area (Å²) in [6.07, 6.45) is 0. The van der Waals surface area contributed by atoms with Gasteiger partial charge in [0.1, 0.15) is 17.2 Å². The molecule has 0 amide bonds. The average molecular weight is 197 g/mol. The molecule has 76 valence electrons. The van der Waals surface area contributed by atoms with E-state index in [0.717, 1.165) is 0 Å². The van der Waals surface area contributed by atoms with E-state index in [1.54, 1.807) is 12.1 Å². The van der Waals surface area contributed by atoms with Crippen molar-refractivity contribution in [3.63, 3.8) is 0 Å². The van der Waals surface area contributed by atoms with E-state index in [9.17, 15) is 9.50 Å². The molecule has 1 aromatic rings. The molecule has 0 saturated carbocycles. The van der Waals surface area contributed by atoms with Crippen LogP contribution in [0.5, 0.6) is 5.75 Å². The third kappa shape index (κ3) is 1.36. The molecule has 0 atom stereocenters. The number of ether oxygens (including phenoxy) is 1. The largest absolute Gasteiger partial charge is 0.497 e. The van der Waals surface area contributed by atoms with Gasteiger partial charge in [0.05, 0.1) is 7.11 Å². The van der Waals surface area contributed by atoms with Crippen molar-refractivity contribution in [2.45, 2.75) is 5.60 Å². The maximum Gasteiger partial charge on any atom is 0.133 e. The summed E-state index contributed by atoms with van der Waals surface area (Å²) in [6.45, 7) is 0.798. The number of methoxy groups -OCH3 is 1. The molecule has 0 spiro atoms. The molecule has 0 aromatic heterocycles. The Morgan fingerprint density at radius 1 is 1.50 bits per heavy atom. The summed E-state index contributed by atoms with van der Waals surface area (Å²) in [7, 11) is 1.48. The SMILES string of the molecule is COc1ccc(C2(O)CNC2)c(F)c1. The van der Waals surface area contributed by atoms with Crippen LogP contribution in [0, 0.1) is 5.82 Å². The fraction of sp³-hybridized carbons (Fsp3) is 0.400. The van der Waals surface area contributed by atoms with Crippen molar-refractivity contribution in [2.24, 2.45) is 0 Å². The number of benzene rings is 1. The molecule has 1 aromatic carbocycles. The van der Waals surface area contributed by atoms with Crippen LogP contribution in [0.2, 0.25) is 0 Å². The Hall–Kier alpha value is -1.13. The lowest BCUT2D eigenvalue weighted by molar-refractivity contribution is -0.0177. The van der Waals surface area contributed by atoms with Crippen molar-refractivity contribution in [3.8, 4) is 5.75 Å². The topological polar surface area (TPSA) is 41.5 Å². The molecule has 1 saturated heterocycles. The Labute approximate surface area is 81.5 Å². The van der Waals surface area contributed by atoms with Crippen molar-refractivity contribution >= 4 is 0 Å². The molecule has 1 aliphatic rings. The Morgan fingerprint density at radius 2 is 2.21 bits per heavy atom. The van der Waals surface area contributed by atoms with Gasteiger partial charge >= 0.3 is 0 Å². The highest BCUT2D eigenvalue weighted by Gasteiger charge is 2.38. The number of nitrogens with one attached hydrogen (secondary N) is 1. The zero-order valence-corrected chi connectivity index (χ0v) is 7.88. The second-order valence-electron chi connectivity index (χ2n) is 3.48. The van der Waals surface area contributed by atoms with Gasteiger partial charge < -0.3 is 15.2 Å². The van der Waals surface area contributed by atoms with Crippen LogP contribution in [0.15, 0.2) is 18.2 Å². The van der Waals surface area contributed by atoms with Crippen LogP contribution < -0.4 is 10.1 Å². The number of halogens is 1. The number of rotatable bonds is 2. The molecule has 1 fully saturated rings. The van der Waals surface area contributed by atoms with E-state index in [1.165, 1.54) is 13.2 Å². The highest BCUT2D eigenvalue weighted by molar-refractivity contribution is 5.34. The van der Waals surface area contributed by atoms with Gasteiger partial charge in [-0.3, -0.25) is 0 Å². The smallest absolute Gasteiger partial charge is 0.133 e. The maximum atomic E-state index is 13.5. The van der Waals surface area contributed by atoms with E-state index < -0.39 is 11.4 Å². The van der Waals surface area contributed by atoms with Gasteiger partial charge in [-0.25, -0.2) is 4.39 Å². The Bertz CT molecular complexity index is 350. The molecule has 0 unspecified atom stereocenters. The van der Waals surface area contributed by atoms with Crippen LogP contribution in [0.4, 0.5) is 4.39 Å². The number of β-amino-alcohol motifs (C(OH)–C–C–N with tert-alkyl or cyclic N) is 1. The van der Waals surface area contributed by atoms with Gasteiger partial charge in [-0.15, -0.1) is 0 Å². The van der Waals surface area contributed by atoms with Gasteiger partial charge in [0, 0.05) is 24.7 Å². The van der Waals surface area contributed by atoms with E-state index in [0.29, 0.717) is 24.4 Å². The van der Waals surface area contributed by atoms with Crippen molar-refractivity contribution in [1.82, 2.24) is 5.32 Å². The minimum Gasteiger partial charge on any atom is -0.497 e. The molecule has 2 rings (SSSR count). The minimum absolute atomic E-state index is 0.331. The van der Waals surface area contributed by atoms with Crippen molar-refractivity contribution in [3.05, 3.63) is 29.6 Å². The minimum atomic E-state index is -1.05. The highest BCUT2D eigenvalue weighted by Crippen LogP contribution is 2.29. The monoisotopic (exact) mass is 197 g/mol. The summed E-state index contributed by atoms with van der Waals surface area (Å²) in [5.74, 6) is 0.0375. The zero-order valence-electron chi connectivity index (χ0n) is 7.88. The quantitative estimate of drug-likeness (QED) is 0.730. The third-order valence-electron chi connectivity index (χ3n) is 2.51. The van der Waals surface area contributed by atoms with Crippen LogP contribution in [-0.4, -0.2) is 25.3 Å². The molecule has 0 radical (unpaired) electrons. The summed E-state index contributed by atoms with van der Waals surface area (Å²) >= 11 is 0. The first-order chi connectivity index (χ1) is 6.65. The number of aliphatic hydroxyl groups is 1. The third-order valence-corrected chi connectivity index (χ3v) is 2.51. The van der Waals surface area contributed by atoms with E-state index in [2.05, 4.69) is 5.32 Å². The fourth-order valence-corrected chi connectivity index (χ4v) is 1.55. The van der Waals surface area contributed by atoms with Gasteiger partial charge in [-0.2, -0.15) is 0 Å². The van der Waals surface area contributed by atoms with Gasteiger partial charge in [0.2, 0.25) is 0 Å². The first-order valence-corrected chi connectivity index (χ1v) is 4.43. The van der Waals surface area contributed by atoms with Crippen LogP contribution in [0.1, 0.15) is 5.56 Å². The van der Waals surface area contributed by atoms with Crippen LogP contribution in [0.3, 0.4) is 0 Å². The highest BCUT2D eigenvalue weighted by atomic mass is 19.1. The molecule has 3 nitrogen and oxygen atoms in total. The lowest BCUT2D eigenvalue weighted by Crippen LogP contribution is -2.57. The second kappa shape index (κ2) is 3.22. The molecule has 14 heavy (non-hydrogen) atoms. The van der Waals surface area contributed by atoms with Crippen LogP contribution >= 0.6 is 0 Å². The first kappa shape index (κ1) is 9.43. The number of hydrogen-bond donors (Lipinski definition) is 2. The van der Waals surface area contributed by atoms with Gasteiger partial charge in [-0.05, 0) is 12.1 Å². The lowest BCUT2D eigenvalue weighted by Gasteiger charge is -2.38. The Balaban J connectivity index is 2.35. The average Bonchev–Trinajstić information content (AvgIpc) is 2.14. The summed E-state index contributed by atoms with van der Waals surface area (Å²) in [6, 6.07) is 4.50. The molecular formula is C10H12FNO2. The molecule has 4 heteroatoms. The van der Waals surface area contributed by atoms with Crippen molar-refractivity contribution < 1.29 is 14.2 Å². The van der Waals surface area contributed by atoms with E-state index in [-0.39, 0.29) is 0 Å². The van der Waals surface area contributed by atoms with Gasteiger partial charge in [0.15, 0.2) is 0 Å². The Morgan fingerprint density at radius 3 is 2.64 bits per heavy atom. The molecule has 1 heterocycles. The van der Waals surface area contributed by atoms with Crippen LogP contribution in [-0.2, 0) is 5.60 Å². The standard InChI is InChI=1S/C10H12FNO2/c1-14-7-2-3-8(9(11)4-7)10(13)5-12-6-10/h2-4,12-13H,5-6H2,1H3. The van der Waals surface area contributed by atoms with E-state index in [4.69, 9.17) is 4.74 Å².